The van der Waals surface area contributed by atoms with Crippen LogP contribution in [-0.2, 0) is 16.0 Å². The first kappa shape index (κ1) is 15.6. The summed E-state index contributed by atoms with van der Waals surface area (Å²) in [7, 11) is 1.34. The second kappa shape index (κ2) is 6.46. The summed E-state index contributed by atoms with van der Waals surface area (Å²) < 4.78 is 4.69. The summed E-state index contributed by atoms with van der Waals surface area (Å²) in [6.07, 6.45) is 0.725. The molecule has 0 fully saturated rings. The van der Waals surface area contributed by atoms with Crippen LogP contribution in [0.1, 0.15) is 21.5 Å². The average molecular weight is 327 g/mol. The molecule has 5 heteroatoms. The Bertz CT molecular complexity index is 773. The molecule has 1 atom stereocenters. The van der Waals surface area contributed by atoms with Gasteiger partial charge in [-0.1, -0.05) is 23.8 Å². The van der Waals surface area contributed by atoms with Crippen molar-refractivity contribution in [1.82, 2.24) is 0 Å². The van der Waals surface area contributed by atoms with Crippen LogP contribution in [0.2, 0.25) is 0 Å². The number of benzene rings is 2. The number of rotatable bonds is 3. The van der Waals surface area contributed by atoms with Crippen molar-refractivity contribution in [3.8, 4) is 0 Å². The minimum atomic E-state index is -0.417. The van der Waals surface area contributed by atoms with E-state index in [2.05, 4.69) is 23.5 Å². The fourth-order valence-corrected chi connectivity index (χ4v) is 3.84. The number of carbonyl (C=O) groups excluding carboxylic acids is 2. The molecule has 0 saturated carbocycles. The predicted octanol–water partition coefficient (Wildman–Crippen LogP) is 3.44. The molecule has 3 rings (SSSR count). The number of aryl methyl sites for hydroxylation is 1. The van der Waals surface area contributed by atoms with Gasteiger partial charge in [-0.15, -0.1) is 11.8 Å². The highest BCUT2D eigenvalue weighted by atomic mass is 32.2. The number of methoxy groups -OCH3 is 1. The van der Waals surface area contributed by atoms with Crippen LogP contribution in [0.4, 0.5) is 5.69 Å². The summed E-state index contributed by atoms with van der Waals surface area (Å²) in [6.45, 7) is 2.05. The molecular weight excluding hydrogens is 310 g/mol. The lowest BCUT2D eigenvalue weighted by molar-refractivity contribution is -0.115. The van der Waals surface area contributed by atoms with Crippen molar-refractivity contribution in [1.29, 1.82) is 0 Å². The van der Waals surface area contributed by atoms with Crippen molar-refractivity contribution in [2.24, 2.45) is 0 Å². The van der Waals surface area contributed by atoms with Gasteiger partial charge in [0.1, 0.15) is 0 Å². The number of ether oxygens (including phenoxy) is 1. The predicted molar refractivity (Wildman–Crippen MR) is 90.9 cm³/mol. The van der Waals surface area contributed by atoms with Crippen LogP contribution in [0.3, 0.4) is 0 Å². The molecule has 1 aliphatic rings. The lowest BCUT2D eigenvalue weighted by atomic mass is 10.1. The molecule has 1 amide bonds. The number of esters is 1. The third-order valence-corrected chi connectivity index (χ3v) is 5.04. The molecule has 2 aromatic carbocycles. The number of hydrogen-bond donors (Lipinski definition) is 1. The molecule has 1 aliphatic heterocycles. The number of amides is 1. The van der Waals surface area contributed by atoms with E-state index in [1.165, 1.54) is 23.1 Å². The first-order chi connectivity index (χ1) is 11.1. The average Bonchev–Trinajstić information content (AvgIpc) is 2.97. The van der Waals surface area contributed by atoms with E-state index in [0.717, 1.165) is 6.42 Å². The summed E-state index contributed by atoms with van der Waals surface area (Å²) in [5, 5.41) is 2.74. The van der Waals surface area contributed by atoms with Crippen molar-refractivity contribution in [3.05, 3.63) is 59.2 Å². The largest absolute Gasteiger partial charge is 0.465 e. The third kappa shape index (κ3) is 3.40. The zero-order valence-electron chi connectivity index (χ0n) is 13.0. The molecule has 4 nitrogen and oxygen atoms in total. The molecule has 23 heavy (non-hydrogen) atoms. The first-order valence-corrected chi connectivity index (χ1v) is 8.20. The number of hydrogen-bond acceptors (Lipinski definition) is 4. The molecule has 0 aliphatic carbocycles. The van der Waals surface area contributed by atoms with Crippen molar-refractivity contribution in [3.63, 3.8) is 0 Å². The second-order valence-electron chi connectivity index (χ2n) is 5.48. The normalized spacial score (nSPS) is 15.8. The number of thioether (sulfide) groups is 1. The highest BCUT2D eigenvalue weighted by Gasteiger charge is 2.28. The number of anilines is 1. The van der Waals surface area contributed by atoms with Gasteiger partial charge in [0.25, 0.3) is 0 Å². The Kier molecular flexibility index (Phi) is 4.39. The second-order valence-corrected chi connectivity index (χ2v) is 6.73. The quantitative estimate of drug-likeness (QED) is 0.878. The standard InChI is InChI=1S/C18H17NO3S/c1-11-6-7-12-10-16(23-15(12)8-11)17(20)19-14-5-3-4-13(9-14)18(21)22-2/h3-9,16H,10H2,1-2H3,(H,19,20). The van der Waals surface area contributed by atoms with E-state index >= 15 is 0 Å². The van der Waals surface area contributed by atoms with Gasteiger partial charge in [-0.25, -0.2) is 4.79 Å². The van der Waals surface area contributed by atoms with Crippen LogP contribution in [0.25, 0.3) is 0 Å². The Morgan fingerprint density at radius 3 is 2.83 bits per heavy atom. The van der Waals surface area contributed by atoms with E-state index < -0.39 is 5.97 Å². The summed E-state index contributed by atoms with van der Waals surface area (Å²) >= 11 is 1.59. The Hall–Kier alpha value is -2.27. The van der Waals surface area contributed by atoms with Gasteiger partial charge in [-0.2, -0.15) is 0 Å². The van der Waals surface area contributed by atoms with Crippen molar-refractivity contribution < 1.29 is 14.3 Å². The van der Waals surface area contributed by atoms with Gasteiger partial charge in [0.05, 0.1) is 17.9 Å². The van der Waals surface area contributed by atoms with Gasteiger partial charge in [-0.05, 0) is 43.2 Å². The molecule has 0 saturated heterocycles. The fraction of sp³-hybridized carbons (Fsp3) is 0.222. The van der Waals surface area contributed by atoms with Gasteiger partial charge in [0.2, 0.25) is 5.91 Å². The zero-order valence-corrected chi connectivity index (χ0v) is 13.8. The Morgan fingerprint density at radius 2 is 2.04 bits per heavy atom. The van der Waals surface area contributed by atoms with Crippen molar-refractivity contribution in [2.45, 2.75) is 23.5 Å². The molecule has 0 bridgehead atoms. The summed E-state index contributed by atoms with van der Waals surface area (Å²) in [4.78, 5) is 25.2. The minimum absolute atomic E-state index is 0.0501. The van der Waals surface area contributed by atoms with E-state index in [1.54, 1.807) is 36.0 Å². The number of nitrogens with one attached hydrogen (secondary N) is 1. The van der Waals surface area contributed by atoms with E-state index in [9.17, 15) is 9.59 Å². The molecule has 0 spiro atoms. The SMILES string of the molecule is COC(=O)c1cccc(NC(=O)C2Cc3ccc(C)cc3S2)c1. The minimum Gasteiger partial charge on any atom is -0.465 e. The van der Waals surface area contributed by atoms with E-state index in [0.29, 0.717) is 11.3 Å². The Balaban J connectivity index is 1.70. The van der Waals surface area contributed by atoms with Crippen molar-refractivity contribution in [2.75, 3.05) is 12.4 Å². The van der Waals surface area contributed by atoms with Crippen LogP contribution in [0.5, 0.6) is 0 Å². The van der Waals surface area contributed by atoms with Gasteiger partial charge >= 0.3 is 5.97 Å². The Labute approximate surface area is 139 Å². The number of fused-ring (bicyclic) bond motifs is 1. The maximum absolute atomic E-state index is 12.5. The Morgan fingerprint density at radius 1 is 1.22 bits per heavy atom. The lowest BCUT2D eigenvalue weighted by Crippen LogP contribution is -2.24. The molecular formula is C18H17NO3S. The molecule has 118 valence electrons. The topological polar surface area (TPSA) is 55.4 Å². The molecule has 1 heterocycles. The highest BCUT2D eigenvalue weighted by molar-refractivity contribution is 8.01. The third-order valence-electron chi connectivity index (χ3n) is 3.74. The van der Waals surface area contributed by atoms with Crippen LogP contribution in [0, 0.1) is 6.92 Å². The zero-order chi connectivity index (χ0) is 16.4. The van der Waals surface area contributed by atoms with Crippen LogP contribution < -0.4 is 5.32 Å². The highest BCUT2D eigenvalue weighted by Crippen LogP contribution is 2.38. The van der Waals surface area contributed by atoms with Crippen LogP contribution in [0.15, 0.2) is 47.4 Å². The monoisotopic (exact) mass is 327 g/mol. The maximum Gasteiger partial charge on any atom is 0.337 e. The van der Waals surface area contributed by atoms with Gasteiger partial charge < -0.3 is 10.1 Å². The maximum atomic E-state index is 12.5. The molecule has 2 aromatic rings. The lowest BCUT2D eigenvalue weighted by Gasteiger charge is -2.10. The molecule has 1 N–H and O–H groups in total. The van der Waals surface area contributed by atoms with Gasteiger partial charge in [-0.3, -0.25) is 4.79 Å². The summed E-state index contributed by atoms with van der Waals surface area (Å²) in [6, 6.07) is 13.0. The van der Waals surface area contributed by atoms with E-state index in [-0.39, 0.29) is 11.2 Å². The van der Waals surface area contributed by atoms with Crippen molar-refractivity contribution >= 4 is 29.3 Å². The first-order valence-electron chi connectivity index (χ1n) is 7.32. The van der Waals surface area contributed by atoms with Gasteiger partial charge in [0, 0.05) is 10.6 Å². The summed E-state index contributed by atoms with van der Waals surface area (Å²) in [5.41, 5.74) is 3.43. The van der Waals surface area contributed by atoms with Crippen LogP contribution in [-0.4, -0.2) is 24.2 Å². The molecule has 0 aromatic heterocycles. The number of carbonyl (C=O) groups is 2. The smallest absolute Gasteiger partial charge is 0.337 e. The van der Waals surface area contributed by atoms with E-state index in [1.807, 2.05) is 6.92 Å². The molecule has 1 unspecified atom stereocenters. The fourth-order valence-electron chi connectivity index (χ4n) is 2.55. The van der Waals surface area contributed by atoms with Gasteiger partial charge in [0.15, 0.2) is 0 Å². The van der Waals surface area contributed by atoms with E-state index in [4.69, 9.17) is 4.74 Å². The summed E-state index contributed by atoms with van der Waals surface area (Å²) in [5.74, 6) is -0.468. The van der Waals surface area contributed by atoms with Crippen LogP contribution >= 0.6 is 11.8 Å². The molecule has 0 radical (unpaired) electrons.